The van der Waals surface area contributed by atoms with Gasteiger partial charge in [0.1, 0.15) is 5.52 Å². The second kappa shape index (κ2) is 4.09. The second-order valence-electron chi connectivity index (χ2n) is 4.60. The number of rotatable bonds is 3. The number of hydrogen-bond donors (Lipinski definition) is 1. The van der Waals surface area contributed by atoms with Crippen LogP contribution in [-0.4, -0.2) is 50.8 Å². The molecule has 1 aliphatic heterocycles. The molecule has 0 unspecified atom stereocenters. The van der Waals surface area contributed by atoms with Crippen molar-refractivity contribution < 1.29 is 5.11 Å². The summed E-state index contributed by atoms with van der Waals surface area (Å²) in [5.41, 5.74) is 3.13. The summed E-state index contributed by atoms with van der Waals surface area (Å²) in [6.07, 6.45) is 3.72. The van der Waals surface area contributed by atoms with Gasteiger partial charge in [0.15, 0.2) is 0 Å². The van der Waals surface area contributed by atoms with E-state index in [1.807, 2.05) is 19.4 Å². The van der Waals surface area contributed by atoms with Crippen molar-refractivity contribution in [2.24, 2.45) is 0 Å². The summed E-state index contributed by atoms with van der Waals surface area (Å²) in [7, 11) is 0. The van der Waals surface area contributed by atoms with Crippen molar-refractivity contribution in [1.82, 2.24) is 19.4 Å². The molecule has 0 aromatic carbocycles. The van der Waals surface area contributed by atoms with Gasteiger partial charge in [0, 0.05) is 25.3 Å². The van der Waals surface area contributed by atoms with Crippen LogP contribution in [0, 0.1) is 6.92 Å². The van der Waals surface area contributed by atoms with E-state index in [0.29, 0.717) is 6.04 Å². The number of imidazole rings is 1. The molecule has 2 aromatic heterocycles. The summed E-state index contributed by atoms with van der Waals surface area (Å²) in [5.74, 6) is 0. The van der Waals surface area contributed by atoms with Crippen molar-refractivity contribution in [3.8, 4) is 0 Å². The summed E-state index contributed by atoms with van der Waals surface area (Å²) in [5, 5.41) is 8.86. The number of aliphatic hydroxyl groups excluding tert-OH is 1. The summed E-state index contributed by atoms with van der Waals surface area (Å²) in [4.78, 5) is 10.9. The topological polar surface area (TPSA) is 54.2 Å². The summed E-state index contributed by atoms with van der Waals surface area (Å²) >= 11 is 0. The Labute approximate surface area is 99.7 Å². The summed E-state index contributed by atoms with van der Waals surface area (Å²) < 4.78 is 2.22. The maximum Gasteiger partial charge on any atom is 0.107 e. The van der Waals surface area contributed by atoms with Gasteiger partial charge >= 0.3 is 0 Å². The minimum Gasteiger partial charge on any atom is -0.395 e. The average Bonchev–Trinajstić information content (AvgIpc) is 2.65. The fourth-order valence-electron chi connectivity index (χ4n) is 2.36. The Morgan fingerprint density at radius 3 is 3.00 bits per heavy atom. The molecule has 1 fully saturated rings. The third-order valence-electron chi connectivity index (χ3n) is 3.35. The molecule has 0 spiro atoms. The smallest absolute Gasteiger partial charge is 0.107 e. The fourth-order valence-corrected chi connectivity index (χ4v) is 2.36. The Hall–Kier alpha value is -1.46. The van der Waals surface area contributed by atoms with Gasteiger partial charge in [0.25, 0.3) is 0 Å². The van der Waals surface area contributed by atoms with Crippen LogP contribution in [0.3, 0.4) is 0 Å². The number of nitrogens with zero attached hydrogens (tertiary/aromatic N) is 4. The molecule has 90 valence electrons. The van der Waals surface area contributed by atoms with E-state index in [-0.39, 0.29) is 6.61 Å². The van der Waals surface area contributed by atoms with E-state index in [2.05, 4.69) is 25.5 Å². The number of aromatic nitrogens is 3. The van der Waals surface area contributed by atoms with Crippen molar-refractivity contribution in [2.75, 3.05) is 26.2 Å². The third kappa shape index (κ3) is 1.81. The van der Waals surface area contributed by atoms with E-state index in [1.165, 1.54) is 0 Å². The quantitative estimate of drug-likeness (QED) is 0.841. The molecule has 3 heterocycles. The molecule has 0 bridgehead atoms. The first-order chi connectivity index (χ1) is 8.28. The fraction of sp³-hybridized carbons (Fsp3) is 0.500. The Bertz CT molecular complexity index is 530. The standard InChI is InChI=1S/C12H16N4O/c1-9-4-12-11(5-13-9)14-8-16(12)10-6-15(7-10)2-3-17/h4-5,8,10,17H,2-3,6-7H2,1H3. The molecule has 1 N–H and O–H groups in total. The van der Waals surface area contributed by atoms with Crippen molar-refractivity contribution in [3.63, 3.8) is 0 Å². The molecule has 0 atom stereocenters. The van der Waals surface area contributed by atoms with Gasteiger partial charge in [-0.15, -0.1) is 0 Å². The zero-order valence-electron chi connectivity index (χ0n) is 9.87. The van der Waals surface area contributed by atoms with Gasteiger partial charge in [-0.3, -0.25) is 9.88 Å². The van der Waals surface area contributed by atoms with E-state index < -0.39 is 0 Å². The highest BCUT2D eigenvalue weighted by molar-refractivity contribution is 5.74. The molecule has 0 radical (unpaired) electrons. The molecule has 3 rings (SSSR count). The van der Waals surface area contributed by atoms with Crippen molar-refractivity contribution >= 4 is 11.0 Å². The predicted molar refractivity (Wildman–Crippen MR) is 64.8 cm³/mol. The molecule has 1 aliphatic rings. The summed E-state index contributed by atoms with van der Waals surface area (Å²) in [6.45, 7) is 4.99. The van der Waals surface area contributed by atoms with Gasteiger partial charge in [-0.25, -0.2) is 4.98 Å². The number of likely N-dealkylation sites (tertiary alicyclic amines) is 1. The lowest BCUT2D eigenvalue weighted by Crippen LogP contribution is -2.48. The number of pyridine rings is 1. The molecule has 5 heteroatoms. The molecule has 5 nitrogen and oxygen atoms in total. The van der Waals surface area contributed by atoms with Gasteiger partial charge in [-0.05, 0) is 13.0 Å². The zero-order chi connectivity index (χ0) is 11.8. The molecule has 0 amide bonds. The van der Waals surface area contributed by atoms with Gasteiger partial charge in [0.2, 0.25) is 0 Å². The normalized spacial score (nSPS) is 17.5. The zero-order valence-corrected chi connectivity index (χ0v) is 9.87. The lowest BCUT2D eigenvalue weighted by atomic mass is 10.1. The molecule has 17 heavy (non-hydrogen) atoms. The van der Waals surface area contributed by atoms with Crippen LogP contribution in [0.5, 0.6) is 0 Å². The second-order valence-corrected chi connectivity index (χ2v) is 4.60. The molecule has 0 aliphatic carbocycles. The first-order valence-corrected chi connectivity index (χ1v) is 5.90. The Balaban J connectivity index is 1.84. The van der Waals surface area contributed by atoms with Crippen LogP contribution in [0.1, 0.15) is 11.7 Å². The van der Waals surface area contributed by atoms with Gasteiger partial charge in [0.05, 0.1) is 30.7 Å². The lowest BCUT2D eigenvalue weighted by molar-refractivity contribution is 0.0858. The van der Waals surface area contributed by atoms with Crippen LogP contribution in [0.25, 0.3) is 11.0 Å². The van der Waals surface area contributed by atoms with Crippen molar-refractivity contribution in [3.05, 3.63) is 24.3 Å². The maximum atomic E-state index is 8.86. The largest absolute Gasteiger partial charge is 0.395 e. The Morgan fingerprint density at radius 1 is 1.41 bits per heavy atom. The van der Waals surface area contributed by atoms with Crippen molar-refractivity contribution in [1.29, 1.82) is 0 Å². The maximum absolute atomic E-state index is 8.86. The number of aliphatic hydroxyl groups is 1. The first kappa shape index (κ1) is 10.7. The SMILES string of the molecule is Cc1cc2c(cn1)ncn2C1CN(CCO)C1. The molecule has 2 aromatic rings. The van der Waals surface area contributed by atoms with Crippen LogP contribution in [0.4, 0.5) is 0 Å². The van der Waals surface area contributed by atoms with Crippen LogP contribution in [-0.2, 0) is 0 Å². The van der Waals surface area contributed by atoms with E-state index in [1.54, 1.807) is 0 Å². The lowest BCUT2D eigenvalue weighted by Gasteiger charge is -2.39. The summed E-state index contributed by atoms with van der Waals surface area (Å²) in [6, 6.07) is 2.56. The van der Waals surface area contributed by atoms with E-state index in [4.69, 9.17) is 5.11 Å². The number of aryl methyl sites for hydroxylation is 1. The van der Waals surface area contributed by atoms with E-state index in [9.17, 15) is 0 Å². The van der Waals surface area contributed by atoms with Gasteiger partial charge < -0.3 is 9.67 Å². The minimum absolute atomic E-state index is 0.237. The van der Waals surface area contributed by atoms with Crippen molar-refractivity contribution in [2.45, 2.75) is 13.0 Å². The molecule has 0 saturated carbocycles. The van der Waals surface area contributed by atoms with Gasteiger partial charge in [-0.1, -0.05) is 0 Å². The first-order valence-electron chi connectivity index (χ1n) is 5.90. The molecular formula is C12H16N4O. The van der Waals surface area contributed by atoms with Crippen LogP contribution >= 0.6 is 0 Å². The molecular weight excluding hydrogens is 216 g/mol. The predicted octanol–water partition coefficient (Wildman–Crippen LogP) is 0.589. The Morgan fingerprint density at radius 2 is 2.24 bits per heavy atom. The minimum atomic E-state index is 0.237. The number of hydrogen-bond acceptors (Lipinski definition) is 4. The number of fused-ring (bicyclic) bond motifs is 1. The van der Waals surface area contributed by atoms with Crippen LogP contribution in [0.2, 0.25) is 0 Å². The number of β-amino-alcohol motifs (C(OH)–C–C–N with tert-alkyl or cyclic N) is 1. The van der Waals surface area contributed by atoms with Crippen LogP contribution in [0.15, 0.2) is 18.6 Å². The Kier molecular flexibility index (Phi) is 2.57. The third-order valence-corrected chi connectivity index (χ3v) is 3.35. The highest BCUT2D eigenvalue weighted by Crippen LogP contribution is 2.25. The van der Waals surface area contributed by atoms with E-state index in [0.717, 1.165) is 36.4 Å². The average molecular weight is 232 g/mol. The highest BCUT2D eigenvalue weighted by Gasteiger charge is 2.28. The molecule has 1 saturated heterocycles. The van der Waals surface area contributed by atoms with Gasteiger partial charge in [-0.2, -0.15) is 0 Å². The monoisotopic (exact) mass is 232 g/mol. The highest BCUT2D eigenvalue weighted by atomic mass is 16.3. The van der Waals surface area contributed by atoms with Crippen LogP contribution < -0.4 is 0 Å². The van der Waals surface area contributed by atoms with E-state index >= 15 is 0 Å².